The summed E-state index contributed by atoms with van der Waals surface area (Å²) in [7, 11) is 0. The summed E-state index contributed by atoms with van der Waals surface area (Å²) in [6, 6.07) is 19.6. The summed E-state index contributed by atoms with van der Waals surface area (Å²) in [5.74, 6) is 0.803. The first-order chi connectivity index (χ1) is 17.4. The molecule has 1 amide bonds. The van der Waals surface area contributed by atoms with Crippen LogP contribution >= 0.6 is 0 Å². The van der Waals surface area contributed by atoms with Crippen molar-refractivity contribution in [3.8, 4) is 11.5 Å². The first-order valence-electron chi connectivity index (χ1n) is 11.0. The average Bonchev–Trinajstić information content (AvgIpc) is 2.86. The number of non-ortho nitro benzene ring substituents is 1. The van der Waals surface area contributed by atoms with Crippen molar-refractivity contribution in [1.29, 1.82) is 0 Å². The van der Waals surface area contributed by atoms with Gasteiger partial charge in [0.05, 0.1) is 4.92 Å². The van der Waals surface area contributed by atoms with E-state index in [1.165, 1.54) is 30.3 Å². The molecule has 0 spiro atoms. The van der Waals surface area contributed by atoms with Gasteiger partial charge >= 0.3 is 5.63 Å². The third-order valence-corrected chi connectivity index (χ3v) is 5.18. The van der Waals surface area contributed by atoms with Crippen molar-refractivity contribution in [3.63, 3.8) is 0 Å². The first kappa shape index (κ1) is 24.2. The van der Waals surface area contributed by atoms with Crippen molar-refractivity contribution < 1.29 is 23.6 Å². The Bertz CT molecular complexity index is 1490. The van der Waals surface area contributed by atoms with Gasteiger partial charge in [0.2, 0.25) is 5.91 Å². The number of rotatable bonds is 9. The van der Waals surface area contributed by atoms with Gasteiger partial charge in [-0.1, -0.05) is 18.2 Å². The molecule has 4 rings (SSSR count). The van der Waals surface area contributed by atoms with Gasteiger partial charge in [-0.25, -0.2) is 4.79 Å². The lowest BCUT2D eigenvalue weighted by atomic mass is 10.1. The van der Waals surface area contributed by atoms with Gasteiger partial charge in [-0.3, -0.25) is 14.9 Å². The number of nitrogens with one attached hydrogen (secondary N) is 1. The Morgan fingerprint density at radius 2 is 1.72 bits per heavy atom. The van der Waals surface area contributed by atoms with Gasteiger partial charge < -0.3 is 19.2 Å². The number of nitrogens with zero attached hydrogens (tertiary/aromatic N) is 1. The molecule has 1 aromatic heterocycles. The van der Waals surface area contributed by atoms with Crippen LogP contribution in [0.15, 0.2) is 88.1 Å². The summed E-state index contributed by atoms with van der Waals surface area (Å²) in [5, 5.41) is 14.3. The first-order valence-corrected chi connectivity index (χ1v) is 11.0. The Morgan fingerprint density at radius 1 is 1.00 bits per heavy atom. The zero-order valence-corrected chi connectivity index (χ0v) is 19.3. The van der Waals surface area contributed by atoms with Crippen LogP contribution in [0.1, 0.15) is 11.1 Å². The van der Waals surface area contributed by atoms with E-state index >= 15 is 0 Å². The van der Waals surface area contributed by atoms with Crippen molar-refractivity contribution in [2.75, 3.05) is 18.5 Å². The van der Waals surface area contributed by atoms with Crippen molar-refractivity contribution in [3.05, 3.63) is 111 Å². The highest BCUT2D eigenvalue weighted by molar-refractivity contribution is 6.02. The number of nitro benzene ring substituents is 1. The summed E-state index contributed by atoms with van der Waals surface area (Å²) in [5.41, 5.74) is 1.94. The van der Waals surface area contributed by atoms with E-state index in [1.54, 1.807) is 42.5 Å². The van der Waals surface area contributed by atoms with E-state index in [4.69, 9.17) is 13.9 Å². The van der Waals surface area contributed by atoms with Crippen molar-refractivity contribution in [1.82, 2.24) is 0 Å². The van der Waals surface area contributed by atoms with E-state index in [2.05, 4.69) is 5.32 Å². The standard InChI is InChI=1S/C27H22N2O7/c1-18-15-27(31)36-25-17-23(10-11-24(18)25)35-14-13-34-22-8-5-19(6-9-22)7-12-26(30)28-20-3-2-4-21(16-20)29(32)33/h2-12,15-17H,13-14H2,1H3,(H,28,30)/b12-7+. The van der Waals surface area contributed by atoms with Gasteiger partial charge in [0.1, 0.15) is 30.3 Å². The van der Waals surface area contributed by atoms with Crippen LogP contribution < -0.4 is 20.4 Å². The highest BCUT2D eigenvalue weighted by atomic mass is 16.6. The maximum absolute atomic E-state index is 12.1. The molecule has 4 aromatic rings. The number of fused-ring (bicyclic) bond motifs is 1. The molecular formula is C27H22N2O7. The predicted molar refractivity (Wildman–Crippen MR) is 135 cm³/mol. The number of carbonyl (C=O) groups is 1. The van der Waals surface area contributed by atoms with Crippen LogP contribution in [0.25, 0.3) is 17.0 Å². The van der Waals surface area contributed by atoms with E-state index in [9.17, 15) is 19.7 Å². The molecule has 0 atom stereocenters. The largest absolute Gasteiger partial charge is 0.490 e. The van der Waals surface area contributed by atoms with Crippen LogP contribution in [0.2, 0.25) is 0 Å². The second-order valence-corrected chi connectivity index (χ2v) is 7.80. The number of carbonyl (C=O) groups excluding carboxylic acids is 1. The number of ether oxygens (including phenoxy) is 2. The van der Waals surface area contributed by atoms with Crippen LogP contribution in [0.5, 0.6) is 11.5 Å². The van der Waals surface area contributed by atoms with Crippen LogP contribution in [0.3, 0.4) is 0 Å². The van der Waals surface area contributed by atoms with E-state index in [0.29, 0.717) is 36.0 Å². The molecule has 9 heteroatoms. The number of hydrogen-bond acceptors (Lipinski definition) is 7. The third-order valence-electron chi connectivity index (χ3n) is 5.18. The molecule has 0 saturated carbocycles. The van der Waals surface area contributed by atoms with E-state index in [1.807, 2.05) is 19.1 Å². The summed E-state index contributed by atoms with van der Waals surface area (Å²) < 4.78 is 16.6. The molecule has 0 aliphatic carbocycles. The van der Waals surface area contributed by atoms with Gasteiger partial charge in [0.25, 0.3) is 5.69 Å². The normalized spacial score (nSPS) is 10.9. The zero-order chi connectivity index (χ0) is 25.5. The maximum Gasteiger partial charge on any atom is 0.336 e. The van der Waals surface area contributed by atoms with Crippen molar-refractivity contribution in [2.24, 2.45) is 0 Å². The fourth-order valence-corrected chi connectivity index (χ4v) is 3.44. The smallest absolute Gasteiger partial charge is 0.336 e. The molecule has 0 unspecified atom stereocenters. The summed E-state index contributed by atoms with van der Waals surface area (Å²) in [4.78, 5) is 34.0. The molecular weight excluding hydrogens is 464 g/mol. The second-order valence-electron chi connectivity index (χ2n) is 7.80. The van der Waals surface area contributed by atoms with Crippen molar-refractivity contribution >= 4 is 34.3 Å². The predicted octanol–water partition coefficient (Wildman–Crippen LogP) is 5.12. The molecule has 1 heterocycles. The van der Waals surface area contributed by atoms with E-state index < -0.39 is 16.5 Å². The van der Waals surface area contributed by atoms with Gasteiger partial charge in [-0.05, 0) is 54.5 Å². The Hall–Kier alpha value is -4.92. The summed E-state index contributed by atoms with van der Waals surface area (Å²) >= 11 is 0. The summed E-state index contributed by atoms with van der Waals surface area (Å²) in [6.07, 6.45) is 2.97. The Kier molecular flexibility index (Phi) is 7.40. The van der Waals surface area contributed by atoms with Gasteiger partial charge in [0.15, 0.2) is 0 Å². The number of benzene rings is 3. The molecule has 3 aromatic carbocycles. The van der Waals surface area contributed by atoms with Crippen LogP contribution in [0, 0.1) is 17.0 Å². The Labute approximate surface area is 205 Å². The molecule has 0 radical (unpaired) electrons. The molecule has 0 fully saturated rings. The SMILES string of the molecule is Cc1cc(=O)oc2cc(OCCOc3ccc(/C=C/C(=O)Nc4cccc([N+](=O)[O-])c4)cc3)ccc12. The molecule has 0 saturated heterocycles. The zero-order valence-electron chi connectivity index (χ0n) is 19.3. The lowest BCUT2D eigenvalue weighted by molar-refractivity contribution is -0.384. The lowest BCUT2D eigenvalue weighted by Crippen LogP contribution is -2.09. The number of nitro groups is 1. The minimum atomic E-state index is -0.522. The molecule has 1 N–H and O–H groups in total. The Morgan fingerprint density at radius 3 is 2.47 bits per heavy atom. The van der Waals surface area contributed by atoms with Crippen LogP contribution in [0.4, 0.5) is 11.4 Å². The Balaban J connectivity index is 1.25. The maximum atomic E-state index is 12.1. The highest BCUT2D eigenvalue weighted by Crippen LogP contribution is 2.22. The van der Waals surface area contributed by atoms with Crippen LogP contribution in [-0.2, 0) is 4.79 Å². The quantitative estimate of drug-likeness (QED) is 0.115. The highest BCUT2D eigenvalue weighted by Gasteiger charge is 2.07. The molecule has 0 aliphatic heterocycles. The number of hydrogen-bond donors (Lipinski definition) is 1. The minimum absolute atomic E-state index is 0.0986. The molecule has 0 bridgehead atoms. The molecule has 9 nitrogen and oxygen atoms in total. The third kappa shape index (κ3) is 6.35. The summed E-state index contributed by atoms with van der Waals surface area (Å²) in [6.45, 7) is 2.45. The number of anilines is 1. The fraction of sp³-hybridized carbons (Fsp3) is 0.111. The van der Waals surface area contributed by atoms with Crippen molar-refractivity contribution in [2.45, 2.75) is 6.92 Å². The second kappa shape index (κ2) is 11.0. The minimum Gasteiger partial charge on any atom is -0.490 e. The molecule has 36 heavy (non-hydrogen) atoms. The number of amides is 1. The van der Waals surface area contributed by atoms with E-state index in [0.717, 1.165) is 16.5 Å². The van der Waals surface area contributed by atoms with Crippen LogP contribution in [-0.4, -0.2) is 24.0 Å². The fourth-order valence-electron chi connectivity index (χ4n) is 3.44. The number of aryl methyl sites for hydroxylation is 1. The molecule has 182 valence electrons. The monoisotopic (exact) mass is 486 g/mol. The van der Waals surface area contributed by atoms with Gasteiger partial charge in [-0.15, -0.1) is 0 Å². The van der Waals surface area contributed by atoms with Gasteiger partial charge in [0, 0.05) is 41.4 Å². The lowest BCUT2D eigenvalue weighted by Gasteiger charge is -2.09. The molecule has 0 aliphatic rings. The average molecular weight is 486 g/mol. The van der Waals surface area contributed by atoms with E-state index in [-0.39, 0.29) is 5.69 Å². The topological polar surface area (TPSA) is 121 Å². The van der Waals surface area contributed by atoms with Gasteiger partial charge in [-0.2, -0.15) is 0 Å².